The zero-order valence-corrected chi connectivity index (χ0v) is 9.70. The van der Waals surface area contributed by atoms with Crippen molar-refractivity contribution in [3.63, 3.8) is 0 Å². The molecule has 0 fully saturated rings. The van der Waals surface area contributed by atoms with E-state index < -0.39 is 12.0 Å². The number of carboxylic acid groups (broad SMARTS) is 1. The maximum Gasteiger partial charge on any atom is 0.321 e. The molecular formula is C11H11N3O2S. The van der Waals surface area contributed by atoms with Crippen molar-refractivity contribution in [1.82, 2.24) is 15.3 Å². The highest BCUT2D eigenvalue weighted by Gasteiger charge is 2.33. The molecule has 2 aromatic rings. The number of rotatable bonds is 2. The maximum atomic E-state index is 11.1. The topological polar surface area (TPSA) is 78.0 Å². The van der Waals surface area contributed by atoms with Gasteiger partial charge in [-0.05, 0) is 22.4 Å². The number of carbonyl (C=O) groups is 1. The molecule has 0 saturated carbocycles. The number of nitrogens with one attached hydrogen (secondary N) is 2. The van der Waals surface area contributed by atoms with E-state index in [0.717, 1.165) is 17.0 Å². The van der Waals surface area contributed by atoms with Crippen LogP contribution in [0.4, 0.5) is 0 Å². The molecule has 0 bridgehead atoms. The van der Waals surface area contributed by atoms with E-state index in [-0.39, 0.29) is 6.04 Å². The molecule has 0 radical (unpaired) electrons. The highest BCUT2D eigenvalue weighted by atomic mass is 32.1. The maximum absolute atomic E-state index is 11.1. The number of imidazole rings is 1. The van der Waals surface area contributed by atoms with E-state index in [1.165, 1.54) is 0 Å². The summed E-state index contributed by atoms with van der Waals surface area (Å²) in [5, 5.41) is 16.2. The van der Waals surface area contributed by atoms with Crippen LogP contribution in [0, 0.1) is 0 Å². The van der Waals surface area contributed by atoms with Gasteiger partial charge in [0.2, 0.25) is 0 Å². The van der Waals surface area contributed by atoms with Crippen LogP contribution in [0.1, 0.15) is 23.0 Å². The van der Waals surface area contributed by atoms with Crippen LogP contribution in [0.15, 0.2) is 23.2 Å². The number of hydrogen-bond donors (Lipinski definition) is 3. The SMILES string of the molecule is O=C(O)[C@@H]1Cc2[nH]cnc2[C@H](c2ccsc2)N1. The zero-order chi connectivity index (χ0) is 11.8. The summed E-state index contributed by atoms with van der Waals surface area (Å²) in [4.78, 5) is 18.4. The number of thiophene rings is 1. The quantitative estimate of drug-likeness (QED) is 0.746. The smallest absolute Gasteiger partial charge is 0.321 e. The first-order valence-corrected chi connectivity index (χ1v) is 6.23. The fraction of sp³-hybridized carbons (Fsp3) is 0.273. The average molecular weight is 249 g/mol. The van der Waals surface area contributed by atoms with Crippen molar-refractivity contribution >= 4 is 17.3 Å². The molecule has 0 unspecified atom stereocenters. The zero-order valence-electron chi connectivity index (χ0n) is 8.88. The molecule has 88 valence electrons. The number of hydrogen-bond acceptors (Lipinski definition) is 4. The van der Waals surface area contributed by atoms with Crippen molar-refractivity contribution in [3.05, 3.63) is 40.1 Å². The Kier molecular flexibility index (Phi) is 2.45. The van der Waals surface area contributed by atoms with Gasteiger partial charge in [0.25, 0.3) is 0 Å². The van der Waals surface area contributed by atoms with Crippen LogP contribution in [0.3, 0.4) is 0 Å². The summed E-state index contributed by atoms with van der Waals surface area (Å²) in [5.74, 6) is -0.828. The Morgan fingerprint density at radius 2 is 2.47 bits per heavy atom. The molecule has 0 spiro atoms. The Labute approximate surface area is 102 Å². The minimum atomic E-state index is -0.828. The fourth-order valence-electron chi connectivity index (χ4n) is 2.14. The Hall–Kier alpha value is -1.66. The van der Waals surface area contributed by atoms with Crippen LogP contribution in [-0.4, -0.2) is 27.1 Å². The van der Waals surface area contributed by atoms with Gasteiger partial charge in [0, 0.05) is 12.1 Å². The summed E-state index contributed by atoms with van der Waals surface area (Å²) in [7, 11) is 0. The predicted octanol–water partition coefficient (Wildman–Crippen LogP) is 1.16. The summed E-state index contributed by atoms with van der Waals surface area (Å²) in [6, 6.07) is 1.30. The molecule has 0 saturated heterocycles. The normalized spacial score (nSPS) is 23.3. The first kappa shape index (κ1) is 10.5. The van der Waals surface area contributed by atoms with Crippen molar-refractivity contribution in [2.45, 2.75) is 18.5 Å². The van der Waals surface area contributed by atoms with Crippen LogP contribution in [0.25, 0.3) is 0 Å². The van der Waals surface area contributed by atoms with Gasteiger partial charge in [-0.2, -0.15) is 11.3 Å². The second-order valence-corrected chi connectivity index (χ2v) is 4.80. The van der Waals surface area contributed by atoms with E-state index >= 15 is 0 Å². The third-order valence-electron chi connectivity index (χ3n) is 2.98. The van der Waals surface area contributed by atoms with Crippen LogP contribution < -0.4 is 5.32 Å². The molecule has 3 N–H and O–H groups in total. The number of fused-ring (bicyclic) bond motifs is 1. The molecule has 6 heteroatoms. The van der Waals surface area contributed by atoms with E-state index in [2.05, 4.69) is 15.3 Å². The van der Waals surface area contributed by atoms with E-state index in [1.807, 2.05) is 16.8 Å². The number of H-pyrrole nitrogens is 1. The molecule has 0 amide bonds. The lowest BCUT2D eigenvalue weighted by molar-refractivity contribution is -0.139. The first-order valence-electron chi connectivity index (χ1n) is 5.29. The molecule has 1 aliphatic rings. The van der Waals surface area contributed by atoms with Gasteiger partial charge >= 0.3 is 5.97 Å². The lowest BCUT2D eigenvalue weighted by atomic mass is 9.96. The molecule has 5 nitrogen and oxygen atoms in total. The van der Waals surface area contributed by atoms with E-state index in [1.54, 1.807) is 17.7 Å². The number of aliphatic carboxylic acids is 1. The average Bonchev–Trinajstić information content (AvgIpc) is 2.98. The van der Waals surface area contributed by atoms with Gasteiger partial charge in [-0.1, -0.05) is 0 Å². The Morgan fingerprint density at radius 1 is 1.59 bits per heavy atom. The second-order valence-electron chi connectivity index (χ2n) is 4.02. The Balaban J connectivity index is 2.01. The van der Waals surface area contributed by atoms with Crippen molar-refractivity contribution in [2.24, 2.45) is 0 Å². The standard InChI is InChI=1S/C11H11N3O2S/c15-11(16)8-3-7-10(13-5-12-7)9(14-8)6-1-2-17-4-6/h1-2,4-5,8-9,14H,3H2,(H,12,13)(H,15,16)/t8-,9-/m0/s1. The Bertz CT molecular complexity index is 535. The monoisotopic (exact) mass is 249 g/mol. The minimum Gasteiger partial charge on any atom is -0.480 e. The second kappa shape index (κ2) is 3.97. The van der Waals surface area contributed by atoms with E-state index in [4.69, 9.17) is 5.11 Å². The first-order chi connectivity index (χ1) is 8.25. The number of aromatic amines is 1. The third kappa shape index (κ3) is 1.75. The van der Waals surface area contributed by atoms with Crippen LogP contribution >= 0.6 is 11.3 Å². The molecular weight excluding hydrogens is 238 g/mol. The molecule has 0 aromatic carbocycles. The number of nitrogens with zero attached hydrogens (tertiary/aromatic N) is 1. The minimum absolute atomic E-state index is 0.127. The van der Waals surface area contributed by atoms with Crippen LogP contribution in [0.2, 0.25) is 0 Å². The summed E-state index contributed by atoms with van der Waals surface area (Å²) in [6.45, 7) is 0. The number of carboxylic acids is 1. The van der Waals surface area contributed by atoms with Crippen molar-refractivity contribution in [3.8, 4) is 0 Å². The van der Waals surface area contributed by atoms with Gasteiger partial charge < -0.3 is 10.1 Å². The molecule has 3 heterocycles. The molecule has 2 atom stereocenters. The van der Waals surface area contributed by atoms with Gasteiger partial charge in [0.1, 0.15) is 6.04 Å². The predicted molar refractivity (Wildman–Crippen MR) is 63.0 cm³/mol. The summed E-state index contributed by atoms with van der Waals surface area (Å²) >= 11 is 1.59. The number of aromatic nitrogens is 2. The van der Waals surface area contributed by atoms with Crippen LogP contribution in [0.5, 0.6) is 0 Å². The van der Waals surface area contributed by atoms with Crippen LogP contribution in [-0.2, 0) is 11.2 Å². The lowest BCUT2D eigenvalue weighted by Crippen LogP contribution is -2.45. The molecule has 17 heavy (non-hydrogen) atoms. The van der Waals surface area contributed by atoms with E-state index in [9.17, 15) is 4.79 Å². The van der Waals surface area contributed by atoms with Crippen molar-refractivity contribution < 1.29 is 9.90 Å². The summed E-state index contributed by atoms with van der Waals surface area (Å²) < 4.78 is 0. The van der Waals surface area contributed by atoms with Gasteiger partial charge in [-0.3, -0.25) is 10.1 Å². The summed E-state index contributed by atoms with van der Waals surface area (Å²) in [6.07, 6.45) is 2.07. The lowest BCUT2D eigenvalue weighted by Gasteiger charge is -2.27. The largest absolute Gasteiger partial charge is 0.480 e. The highest BCUT2D eigenvalue weighted by Crippen LogP contribution is 2.29. The third-order valence-corrected chi connectivity index (χ3v) is 3.68. The van der Waals surface area contributed by atoms with Gasteiger partial charge in [-0.25, -0.2) is 4.98 Å². The van der Waals surface area contributed by atoms with E-state index in [0.29, 0.717) is 6.42 Å². The van der Waals surface area contributed by atoms with Gasteiger partial charge in [-0.15, -0.1) is 0 Å². The fourth-order valence-corrected chi connectivity index (χ4v) is 2.83. The van der Waals surface area contributed by atoms with Gasteiger partial charge in [0.05, 0.1) is 18.1 Å². The molecule has 2 aromatic heterocycles. The molecule has 3 rings (SSSR count). The molecule has 0 aliphatic carbocycles. The molecule has 1 aliphatic heterocycles. The van der Waals surface area contributed by atoms with Gasteiger partial charge in [0.15, 0.2) is 0 Å². The highest BCUT2D eigenvalue weighted by molar-refractivity contribution is 7.08. The van der Waals surface area contributed by atoms with Crippen molar-refractivity contribution in [1.29, 1.82) is 0 Å². The summed E-state index contributed by atoms with van der Waals surface area (Å²) in [5.41, 5.74) is 2.88. The van der Waals surface area contributed by atoms with Crippen molar-refractivity contribution in [2.75, 3.05) is 0 Å². The Morgan fingerprint density at radius 3 is 3.18 bits per heavy atom.